The molecule has 0 saturated carbocycles. The standard InChI is InChI=1S/C34H43BrN2O/c1-4-5-6-7-8-9-10-11-12-13-14-25-21-30(37-23-31(35)36-24-37)34(3)20-18-29-28(32(25)34)16-15-26-22-27(38)17-19-33(26,29)2/h15-18,20-24,38H,4-14,19H2,1-3H3/t33-,34-/m1/s1. The molecular formula is C34H43BrN2O. The Morgan fingerprint density at radius 2 is 1.66 bits per heavy atom. The Kier molecular flexibility index (Phi) is 8.19. The highest BCUT2D eigenvalue weighted by atomic mass is 79.9. The van der Waals surface area contributed by atoms with E-state index < -0.39 is 0 Å². The topological polar surface area (TPSA) is 38.0 Å². The van der Waals surface area contributed by atoms with E-state index in [4.69, 9.17) is 0 Å². The summed E-state index contributed by atoms with van der Waals surface area (Å²) in [6.45, 7) is 6.98. The maximum atomic E-state index is 10.2. The predicted octanol–water partition coefficient (Wildman–Crippen LogP) is 10.3. The minimum Gasteiger partial charge on any atom is -0.508 e. The van der Waals surface area contributed by atoms with Gasteiger partial charge in [-0.3, -0.25) is 0 Å². The van der Waals surface area contributed by atoms with Gasteiger partial charge in [-0.05, 0) is 88.2 Å². The molecule has 1 aromatic heterocycles. The van der Waals surface area contributed by atoms with Crippen molar-refractivity contribution in [3.05, 3.63) is 93.3 Å². The average molecular weight is 576 g/mol. The molecule has 1 N–H and O–H groups in total. The van der Waals surface area contributed by atoms with Crippen molar-refractivity contribution < 1.29 is 5.11 Å². The summed E-state index contributed by atoms with van der Waals surface area (Å²) in [5.74, 6) is 0.382. The van der Waals surface area contributed by atoms with Gasteiger partial charge in [0.1, 0.15) is 16.7 Å². The molecule has 0 aromatic carbocycles. The van der Waals surface area contributed by atoms with E-state index in [-0.39, 0.29) is 10.8 Å². The Hall–Kier alpha value is -2.33. The van der Waals surface area contributed by atoms with Gasteiger partial charge in [-0.1, -0.05) is 95.9 Å². The van der Waals surface area contributed by atoms with E-state index in [1.165, 1.54) is 97.8 Å². The number of imidazole rings is 1. The van der Waals surface area contributed by atoms with Crippen molar-refractivity contribution in [1.82, 2.24) is 9.55 Å². The number of allylic oxidation sites excluding steroid dienone is 13. The summed E-state index contributed by atoms with van der Waals surface area (Å²) in [7, 11) is 0. The zero-order chi connectivity index (χ0) is 26.8. The molecule has 0 radical (unpaired) electrons. The van der Waals surface area contributed by atoms with Crippen LogP contribution in [0.3, 0.4) is 0 Å². The number of rotatable bonds is 12. The molecule has 4 heteroatoms. The molecule has 4 aliphatic rings. The Balaban J connectivity index is 1.36. The fraction of sp³-hybridized carbons (Fsp3) is 0.500. The number of aliphatic hydroxyl groups is 1. The molecule has 202 valence electrons. The minimum atomic E-state index is -0.193. The Bertz CT molecular complexity index is 1280. The summed E-state index contributed by atoms with van der Waals surface area (Å²) in [6.07, 6.45) is 35.1. The maximum Gasteiger partial charge on any atom is 0.124 e. The van der Waals surface area contributed by atoms with Crippen LogP contribution in [0, 0.1) is 10.8 Å². The van der Waals surface area contributed by atoms with Crippen molar-refractivity contribution >= 4 is 21.6 Å². The van der Waals surface area contributed by atoms with Gasteiger partial charge in [0, 0.05) is 17.3 Å². The van der Waals surface area contributed by atoms with E-state index in [9.17, 15) is 5.11 Å². The predicted molar refractivity (Wildman–Crippen MR) is 163 cm³/mol. The van der Waals surface area contributed by atoms with Gasteiger partial charge >= 0.3 is 0 Å². The number of hydrogen-bond donors (Lipinski definition) is 1. The van der Waals surface area contributed by atoms with Crippen LogP contribution < -0.4 is 0 Å². The molecule has 0 fully saturated rings. The van der Waals surface area contributed by atoms with Gasteiger partial charge in [0.15, 0.2) is 0 Å². The number of aliphatic hydroxyl groups excluding tert-OH is 1. The van der Waals surface area contributed by atoms with Crippen LogP contribution in [0.15, 0.2) is 93.3 Å². The van der Waals surface area contributed by atoms with Crippen LogP contribution in [-0.4, -0.2) is 14.7 Å². The highest BCUT2D eigenvalue weighted by Gasteiger charge is 2.46. The summed E-state index contributed by atoms with van der Waals surface area (Å²) in [6, 6.07) is 0. The van der Waals surface area contributed by atoms with Crippen LogP contribution in [0.5, 0.6) is 0 Å². The molecule has 2 atom stereocenters. The number of nitrogens with zero attached hydrogens (tertiary/aromatic N) is 2. The molecular weight excluding hydrogens is 532 g/mol. The zero-order valence-corrected chi connectivity index (χ0v) is 25.0. The number of halogens is 1. The van der Waals surface area contributed by atoms with Gasteiger partial charge in [0.25, 0.3) is 0 Å². The molecule has 38 heavy (non-hydrogen) atoms. The highest BCUT2D eigenvalue weighted by Crippen LogP contribution is 2.59. The van der Waals surface area contributed by atoms with E-state index in [0.717, 1.165) is 17.4 Å². The van der Waals surface area contributed by atoms with Gasteiger partial charge < -0.3 is 9.67 Å². The maximum absolute atomic E-state index is 10.2. The smallest absolute Gasteiger partial charge is 0.124 e. The van der Waals surface area contributed by atoms with Gasteiger partial charge in [-0.15, -0.1) is 0 Å². The molecule has 0 spiro atoms. The van der Waals surface area contributed by atoms with E-state index in [1.54, 1.807) is 0 Å². The Morgan fingerprint density at radius 3 is 2.34 bits per heavy atom. The van der Waals surface area contributed by atoms with Gasteiger partial charge in [0.05, 0.1) is 5.41 Å². The highest BCUT2D eigenvalue weighted by molar-refractivity contribution is 9.10. The normalized spacial score (nSPS) is 25.7. The number of fused-ring (bicyclic) bond motifs is 4. The fourth-order valence-corrected chi connectivity index (χ4v) is 7.16. The van der Waals surface area contributed by atoms with E-state index in [2.05, 4.69) is 82.8 Å². The lowest BCUT2D eigenvalue weighted by Crippen LogP contribution is -2.31. The first-order valence-corrected chi connectivity index (χ1v) is 15.6. The Morgan fingerprint density at radius 1 is 0.947 bits per heavy atom. The monoisotopic (exact) mass is 574 g/mol. The second-order valence-corrected chi connectivity index (χ2v) is 12.7. The average Bonchev–Trinajstić information content (AvgIpc) is 3.45. The minimum absolute atomic E-state index is 0.107. The first-order chi connectivity index (χ1) is 18.4. The fourth-order valence-electron chi connectivity index (χ4n) is 6.85. The third-order valence-electron chi connectivity index (χ3n) is 9.14. The van der Waals surface area contributed by atoms with Crippen molar-refractivity contribution in [3.63, 3.8) is 0 Å². The van der Waals surface area contributed by atoms with Crippen molar-refractivity contribution in [3.8, 4) is 0 Å². The van der Waals surface area contributed by atoms with Crippen molar-refractivity contribution in [2.45, 2.75) is 97.8 Å². The van der Waals surface area contributed by atoms with Gasteiger partial charge in [0.2, 0.25) is 0 Å². The summed E-state index contributed by atoms with van der Waals surface area (Å²) in [5.41, 5.74) is 7.86. The third-order valence-corrected chi connectivity index (χ3v) is 9.55. The van der Waals surface area contributed by atoms with Crippen LogP contribution in [0.25, 0.3) is 5.70 Å². The summed E-state index contributed by atoms with van der Waals surface area (Å²) >= 11 is 3.55. The SMILES string of the molecule is CCCCCCCCCCCCC1=C2C3=C(C=C[C@]2(C)C(n2cnc(Br)c2)=C1)[C@]1(C)CC=C(O)C=C1C=C3. The third kappa shape index (κ3) is 5.13. The first kappa shape index (κ1) is 27.2. The van der Waals surface area contributed by atoms with Crippen LogP contribution >= 0.6 is 15.9 Å². The molecule has 1 aromatic rings. The second kappa shape index (κ2) is 11.4. The molecule has 1 heterocycles. The lowest BCUT2D eigenvalue weighted by Gasteiger charge is -2.43. The molecule has 0 aliphatic heterocycles. The molecule has 0 amide bonds. The number of unbranched alkanes of at least 4 members (excludes halogenated alkanes) is 9. The van der Waals surface area contributed by atoms with Crippen molar-refractivity contribution in [2.75, 3.05) is 0 Å². The number of aromatic nitrogens is 2. The van der Waals surface area contributed by atoms with Crippen LogP contribution in [0.2, 0.25) is 0 Å². The van der Waals surface area contributed by atoms with Gasteiger partial charge in [-0.25, -0.2) is 4.98 Å². The lowest BCUT2D eigenvalue weighted by atomic mass is 9.61. The molecule has 0 saturated heterocycles. The summed E-state index contributed by atoms with van der Waals surface area (Å²) in [5, 5.41) is 10.2. The number of hydrogen-bond acceptors (Lipinski definition) is 2. The first-order valence-electron chi connectivity index (χ1n) is 14.8. The molecule has 3 nitrogen and oxygen atoms in total. The quantitative estimate of drug-likeness (QED) is 0.252. The lowest BCUT2D eigenvalue weighted by molar-refractivity contribution is 0.400. The van der Waals surface area contributed by atoms with Crippen LogP contribution in [0.4, 0.5) is 0 Å². The van der Waals surface area contributed by atoms with E-state index in [1.807, 2.05) is 18.5 Å². The molecule has 4 aliphatic carbocycles. The van der Waals surface area contributed by atoms with Crippen molar-refractivity contribution in [1.29, 1.82) is 0 Å². The molecule has 5 rings (SSSR count). The van der Waals surface area contributed by atoms with Crippen molar-refractivity contribution in [2.24, 2.45) is 10.8 Å². The Labute approximate surface area is 237 Å². The second-order valence-electron chi connectivity index (χ2n) is 11.9. The summed E-state index contributed by atoms with van der Waals surface area (Å²) in [4.78, 5) is 4.47. The molecule has 0 bridgehead atoms. The van der Waals surface area contributed by atoms with Crippen LogP contribution in [0.1, 0.15) is 97.8 Å². The van der Waals surface area contributed by atoms with Crippen LogP contribution in [-0.2, 0) is 0 Å². The van der Waals surface area contributed by atoms with E-state index in [0.29, 0.717) is 5.76 Å². The summed E-state index contributed by atoms with van der Waals surface area (Å²) < 4.78 is 3.05. The molecule has 0 unspecified atom stereocenters. The zero-order valence-electron chi connectivity index (χ0n) is 23.4. The largest absolute Gasteiger partial charge is 0.508 e. The van der Waals surface area contributed by atoms with E-state index >= 15 is 0 Å². The van der Waals surface area contributed by atoms with Gasteiger partial charge in [-0.2, -0.15) is 0 Å².